The standard InChI is InChI=1S/C9H13NO/c1-10-6-2-3-8(7-10)9(11)4-5-9/h2-3,6,11H,4-5,7H2,1H3. The predicted molar refractivity (Wildman–Crippen MR) is 44.0 cm³/mol. The van der Waals surface area contributed by atoms with Crippen molar-refractivity contribution in [1.82, 2.24) is 4.90 Å². The van der Waals surface area contributed by atoms with E-state index in [4.69, 9.17) is 0 Å². The second-order valence-corrected chi connectivity index (χ2v) is 3.48. The zero-order chi connectivity index (χ0) is 7.90. The highest BCUT2D eigenvalue weighted by Crippen LogP contribution is 2.42. The lowest BCUT2D eigenvalue weighted by Gasteiger charge is -2.22. The van der Waals surface area contributed by atoms with E-state index < -0.39 is 5.60 Å². The molecule has 11 heavy (non-hydrogen) atoms. The van der Waals surface area contributed by atoms with Crippen molar-refractivity contribution in [1.29, 1.82) is 0 Å². The largest absolute Gasteiger partial charge is 0.385 e. The lowest BCUT2D eigenvalue weighted by molar-refractivity contribution is 0.179. The molecule has 0 spiro atoms. The fraction of sp³-hybridized carbons (Fsp3) is 0.556. The van der Waals surface area contributed by atoms with Gasteiger partial charge < -0.3 is 10.0 Å². The van der Waals surface area contributed by atoms with E-state index in [-0.39, 0.29) is 0 Å². The summed E-state index contributed by atoms with van der Waals surface area (Å²) in [6.07, 6.45) is 7.94. The monoisotopic (exact) mass is 151 g/mol. The Morgan fingerprint density at radius 3 is 2.82 bits per heavy atom. The van der Waals surface area contributed by atoms with Crippen molar-refractivity contribution in [3.05, 3.63) is 23.9 Å². The number of rotatable bonds is 1. The Labute approximate surface area is 66.8 Å². The van der Waals surface area contributed by atoms with E-state index >= 15 is 0 Å². The van der Waals surface area contributed by atoms with Crippen LogP contribution < -0.4 is 0 Å². The highest BCUT2D eigenvalue weighted by molar-refractivity contribution is 5.31. The highest BCUT2D eigenvalue weighted by atomic mass is 16.3. The quantitative estimate of drug-likeness (QED) is 0.601. The van der Waals surface area contributed by atoms with E-state index in [1.165, 1.54) is 5.57 Å². The minimum atomic E-state index is -0.432. The number of aliphatic hydroxyl groups is 1. The fourth-order valence-corrected chi connectivity index (χ4v) is 1.42. The Morgan fingerprint density at radius 2 is 2.27 bits per heavy atom. The molecule has 1 fully saturated rings. The molecule has 0 aromatic carbocycles. The molecule has 0 amide bonds. The van der Waals surface area contributed by atoms with Crippen LogP contribution in [0.4, 0.5) is 0 Å². The molecule has 0 unspecified atom stereocenters. The van der Waals surface area contributed by atoms with Crippen molar-refractivity contribution in [2.45, 2.75) is 18.4 Å². The molecule has 1 saturated carbocycles. The number of hydrogen-bond acceptors (Lipinski definition) is 2. The molecule has 2 nitrogen and oxygen atoms in total. The molecular formula is C9H13NO. The average molecular weight is 151 g/mol. The zero-order valence-electron chi connectivity index (χ0n) is 6.75. The third-order valence-electron chi connectivity index (χ3n) is 2.38. The van der Waals surface area contributed by atoms with Gasteiger partial charge in [-0.25, -0.2) is 0 Å². The van der Waals surface area contributed by atoms with Gasteiger partial charge in [-0.2, -0.15) is 0 Å². The van der Waals surface area contributed by atoms with E-state index in [0.717, 1.165) is 19.4 Å². The van der Waals surface area contributed by atoms with Gasteiger partial charge in [-0.3, -0.25) is 0 Å². The van der Waals surface area contributed by atoms with Gasteiger partial charge in [0.25, 0.3) is 0 Å². The van der Waals surface area contributed by atoms with Crippen molar-refractivity contribution in [2.75, 3.05) is 13.6 Å². The van der Waals surface area contributed by atoms with Crippen LogP contribution in [-0.2, 0) is 0 Å². The Bertz CT molecular complexity index is 226. The predicted octanol–water partition coefficient (Wildman–Crippen LogP) is 0.897. The normalized spacial score (nSPS) is 26.7. The minimum absolute atomic E-state index is 0.432. The molecule has 1 aliphatic carbocycles. The van der Waals surface area contributed by atoms with Crippen LogP contribution in [0.2, 0.25) is 0 Å². The third kappa shape index (κ3) is 1.18. The second kappa shape index (κ2) is 2.11. The first-order valence-electron chi connectivity index (χ1n) is 4.01. The summed E-state index contributed by atoms with van der Waals surface area (Å²) < 4.78 is 0. The van der Waals surface area contributed by atoms with Crippen LogP contribution in [0.15, 0.2) is 23.9 Å². The van der Waals surface area contributed by atoms with Gasteiger partial charge >= 0.3 is 0 Å². The molecule has 1 N–H and O–H groups in total. The fourth-order valence-electron chi connectivity index (χ4n) is 1.42. The van der Waals surface area contributed by atoms with Crippen LogP contribution in [0.3, 0.4) is 0 Å². The maximum absolute atomic E-state index is 9.74. The van der Waals surface area contributed by atoms with Crippen molar-refractivity contribution in [3.63, 3.8) is 0 Å². The molecule has 1 heterocycles. The maximum atomic E-state index is 9.74. The Hall–Kier alpha value is -0.760. The van der Waals surface area contributed by atoms with Crippen LogP contribution >= 0.6 is 0 Å². The van der Waals surface area contributed by atoms with Crippen LogP contribution in [0.25, 0.3) is 0 Å². The van der Waals surface area contributed by atoms with Crippen LogP contribution in [0, 0.1) is 0 Å². The first-order chi connectivity index (χ1) is 5.21. The van der Waals surface area contributed by atoms with Crippen molar-refractivity contribution < 1.29 is 5.11 Å². The average Bonchev–Trinajstić information content (AvgIpc) is 2.70. The van der Waals surface area contributed by atoms with Crippen molar-refractivity contribution >= 4 is 0 Å². The van der Waals surface area contributed by atoms with Gasteiger partial charge in [-0.05, 0) is 30.7 Å². The van der Waals surface area contributed by atoms with E-state index in [0.29, 0.717) is 0 Å². The van der Waals surface area contributed by atoms with Gasteiger partial charge in [-0.15, -0.1) is 0 Å². The van der Waals surface area contributed by atoms with E-state index in [2.05, 4.69) is 4.90 Å². The SMILES string of the molecule is CN1C=CC=C(C2(O)CC2)C1. The van der Waals surface area contributed by atoms with Gasteiger partial charge in [-0.1, -0.05) is 6.08 Å². The molecule has 1 aliphatic heterocycles. The number of hydrogen-bond donors (Lipinski definition) is 1. The van der Waals surface area contributed by atoms with Crippen LogP contribution in [0.1, 0.15) is 12.8 Å². The summed E-state index contributed by atoms with van der Waals surface area (Å²) in [4.78, 5) is 2.09. The molecule has 0 saturated heterocycles. The van der Waals surface area contributed by atoms with Crippen molar-refractivity contribution in [3.8, 4) is 0 Å². The molecule has 0 aromatic rings. The molecule has 2 rings (SSSR count). The summed E-state index contributed by atoms with van der Waals surface area (Å²) in [5.74, 6) is 0. The summed E-state index contributed by atoms with van der Waals surface area (Å²) in [6, 6.07) is 0. The Balaban J connectivity index is 2.15. The molecule has 2 aliphatic rings. The smallest absolute Gasteiger partial charge is 0.0879 e. The van der Waals surface area contributed by atoms with Crippen LogP contribution in [-0.4, -0.2) is 29.2 Å². The number of nitrogens with zero attached hydrogens (tertiary/aromatic N) is 1. The van der Waals surface area contributed by atoms with E-state index in [1.54, 1.807) is 0 Å². The minimum Gasteiger partial charge on any atom is -0.385 e. The first-order valence-corrected chi connectivity index (χ1v) is 4.01. The summed E-state index contributed by atoms with van der Waals surface area (Å²) >= 11 is 0. The first kappa shape index (κ1) is 6.92. The van der Waals surface area contributed by atoms with Gasteiger partial charge in [0.15, 0.2) is 0 Å². The van der Waals surface area contributed by atoms with E-state index in [9.17, 15) is 5.11 Å². The molecular weight excluding hydrogens is 138 g/mol. The van der Waals surface area contributed by atoms with Gasteiger partial charge in [0, 0.05) is 13.6 Å². The van der Waals surface area contributed by atoms with Gasteiger partial charge in [0.2, 0.25) is 0 Å². The second-order valence-electron chi connectivity index (χ2n) is 3.48. The van der Waals surface area contributed by atoms with E-state index in [1.807, 2.05) is 25.4 Å². The highest BCUT2D eigenvalue weighted by Gasteiger charge is 2.43. The Morgan fingerprint density at radius 1 is 1.55 bits per heavy atom. The summed E-state index contributed by atoms with van der Waals surface area (Å²) in [5.41, 5.74) is 0.737. The summed E-state index contributed by atoms with van der Waals surface area (Å²) in [6.45, 7) is 0.882. The number of allylic oxidation sites excluding steroid dienone is 2. The van der Waals surface area contributed by atoms with Crippen molar-refractivity contribution in [2.24, 2.45) is 0 Å². The number of likely N-dealkylation sites (N-methyl/N-ethyl adjacent to an activating group) is 1. The molecule has 0 aromatic heterocycles. The zero-order valence-corrected chi connectivity index (χ0v) is 6.75. The lowest BCUT2D eigenvalue weighted by Crippen LogP contribution is -2.25. The lowest BCUT2D eigenvalue weighted by atomic mass is 10.1. The third-order valence-corrected chi connectivity index (χ3v) is 2.38. The Kier molecular flexibility index (Phi) is 1.33. The van der Waals surface area contributed by atoms with Gasteiger partial charge in [0.05, 0.1) is 5.60 Å². The summed E-state index contributed by atoms with van der Waals surface area (Å²) in [7, 11) is 2.02. The van der Waals surface area contributed by atoms with Gasteiger partial charge in [0.1, 0.15) is 0 Å². The molecule has 0 bridgehead atoms. The maximum Gasteiger partial charge on any atom is 0.0879 e. The van der Waals surface area contributed by atoms with Crippen LogP contribution in [0.5, 0.6) is 0 Å². The molecule has 0 radical (unpaired) electrons. The molecule has 0 atom stereocenters. The summed E-state index contributed by atoms with van der Waals surface area (Å²) in [5, 5.41) is 9.74. The topological polar surface area (TPSA) is 23.5 Å². The molecule has 60 valence electrons. The molecule has 2 heteroatoms.